The fourth-order valence-electron chi connectivity index (χ4n) is 3.26. The third-order valence-corrected chi connectivity index (χ3v) is 8.58. The molecular formula is C19H24N2O3S3. The van der Waals surface area contributed by atoms with E-state index in [1.54, 1.807) is 4.90 Å². The van der Waals surface area contributed by atoms with Crippen molar-refractivity contribution >= 4 is 38.8 Å². The van der Waals surface area contributed by atoms with Crippen LogP contribution in [-0.4, -0.2) is 53.6 Å². The van der Waals surface area contributed by atoms with Gasteiger partial charge in [0.15, 0.2) is 14.2 Å². The highest BCUT2D eigenvalue weighted by molar-refractivity contribution is 8.01. The maximum absolute atomic E-state index is 12.9. The zero-order chi connectivity index (χ0) is 19.4. The number of carbonyl (C=O) groups excluding carboxylic acids is 1. The zero-order valence-corrected chi connectivity index (χ0v) is 17.9. The van der Waals surface area contributed by atoms with E-state index in [4.69, 9.17) is 0 Å². The van der Waals surface area contributed by atoms with Crippen LogP contribution < -0.4 is 0 Å². The maximum Gasteiger partial charge on any atom is 0.233 e. The summed E-state index contributed by atoms with van der Waals surface area (Å²) >= 11 is 2.96. The molecule has 1 saturated heterocycles. The summed E-state index contributed by atoms with van der Waals surface area (Å²) < 4.78 is 24.5. The van der Waals surface area contributed by atoms with Crippen LogP contribution in [0, 0.1) is 0 Å². The third kappa shape index (κ3) is 5.12. The largest absolute Gasteiger partial charge is 0.335 e. The first-order valence-corrected chi connectivity index (χ1v) is 12.7. The summed E-state index contributed by atoms with van der Waals surface area (Å²) in [6.07, 6.45) is 1.35. The fourth-order valence-corrected chi connectivity index (χ4v) is 6.68. The molecule has 1 aromatic carbocycles. The van der Waals surface area contributed by atoms with Gasteiger partial charge in [0, 0.05) is 23.0 Å². The van der Waals surface area contributed by atoms with Crippen LogP contribution in [0.3, 0.4) is 0 Å². The van der Waals surface area contributed by atoms with Gasteiger partial charge in [0.25, 0.3) is 0 Å². The summed E-state index contributed by atoms with van der Waals surface area (Å²) in [7, 11) is -3.02. The number of hydrogen-bond acceptors (Lipinski definition) is 6. The highest BCUT2D eigenvalue weighted by Crippen LogP contribution is 2.29. The minimum atomic E-state index is -3.02. The molecule has 1 aromatic heterocycles. The van der Waals surface area contributed by atoms with Gasteiger partial charge in [-0.05, 0) is 19.8 Å². The Bertz CT molecular complexity index is 881. The number of amides is 1. The summed E-state index contributed by atoms with van der Waals surface area (Å²) in [5.74, 6) is 0.539. The molecule has 0 bridgehead atoms. The minimum absolute atomic E-state index is 0.00656. The highest BCUT2D eigenvalue weighted by Gasteiger charge is 2.36. The quantitative estimate of drug-likeness (QED) is 0.634. The summed E-state index contributed by atoms with van der Waals surface area (Å²) in [5.41, 5.74) is 1.97. The van der Waals surface area contributed by atoms with Gasteiger partial charge in [0.05, 0.1) is 23.0 Å². The number of nitrogens with zero attached hydrogens (tertiary/aromatic N) is 2. The predicted octanol–water partition coefficient (Wildman–Crippen LogP) is 3.72. The van der Waals surface area contributed by atoms with Crippen molar-refractivity contribution in [2.45, 2.75) is 43.1 Å². The third-order valence-electron chi connectivity index (χ3n) is 4.83. The molecule has 0 radical (unpaired) electrons. The van der Waals surface area contributed by atoms with Crippen molar-refractivity contribution in [3.05, 3.63) is 35.7 Å². The number of thioether (sulfide) groups is 1. The molecular weight excluding hydrogens is 400 g/mol. The molecule has 2 aromatic rings. The van der Waals surface area contributed by atoms with Gasteiger partial charge in [-0.25, -0.2) is 13.4 Å². The van der Waals surface area contributed by atoms with Crippen molar-refractivity contribution in [1.82, 2.24) is 9.88 Å². The normalized spacial score (nSPS) is 19.7. The van der Waals surface area contributed by atoms with Gasteiger partial charge in [-0.1, -0.05) is 49.0 Å². The summed E-state index contributed by atoms with van der Waals surface area (Å²) in [5, 5.41) is 2.00. The molecule has 0 spiro atoms. The lowest BCUT2D eigenvalue weighted by atomic mass is 10.1. The van der Waals surface area contributed by atoms with Gasteiger partial charge in [-0.3, -0.25) is 4.79 Å². The molecule has 0 aliphatic carbocycles. The molecule has 2 heterocycles. The van der Waals surface area contributed by atoms with Crippen molar-refractivity contribution < 1.29 is 13.2 Å². The van der Waals surface area contributed by atoms with Crippen molar-refractivity contribution in [2.24, 2.45) is 0 Å². The Kier molecular flexibility index (Phi) is 6.60. The van der Waals surface area contributed by atoms with Crippen LogP contribution in [0.1, 0.15) is 26.7 Å². The number of thiazole rings is 1. The zero-order valence-electron chi connectivity index (χ0n) is 15.5. The maximum atomic E-state index is 12.9. The number of sulfone groups is 1. The number of aromatic nitrogens is 1. The van der Waals surface area contributed by atoms with E-state index in [1.807, 2.05) is 49.6 Å². The minimum Gasteiger partial charge on any atom is -0.335 e. The Hall–Kier alpha value is -1.38. The molecule has 2 atom stereocenters. The summed E-state index contributed by atoms with van der Waals surface area (Å²) in [6.45, 7) is 4.01. The number of carbonyl (C=O) groups is 1. The first kappa shape index (κ1) is 20.4. The van der Waals surface area contributed by atoms with E-state index < -0.39 is 9.84 Å². The van der Waals surface area contributed by atoms with E-state index in [9.17, 15) is 13.2 Å². The average Bonchev–Trinajstić information content (AvgIpc) is 3.27. The lowest BCUT2D eigenvalue weighted by Crippen LogP contribution is -2.47. The highest BCUT2D eigenvalue weighted by atomic mass is 32.2. The van der Waals surface area contributed by atoms with Crippen molar-refractivity contribution in [1.29, 1.82) is 0 Å². The fraction of sp³-hybridized carbons (Fsp3) is 0.474. The predicted molar refractivity (Wildman–Crippen MR) is 112 cm³/mol. The number of rotatable bonds is 7. The second-order valence-corrected chi connectivity index (χ2v) is 11.1. The molecule has 0 N–H and O–H groups in total. The monoisotopic (exact) mass is 424 g/mol. The molecule has 5 nitrogen and oxygen atoms in total. The van der Waals surface area contributed by atoms with Crippen LogP contribution in [-0.2, 0) is 14.6 Å². The van der Waals surface area contributed by atoms with E-state index >= 15 is 0 Å². The Balaban J connectivity index is 1.65. The second kappa shape index (κ2) is 8.75. The van der Waals surface area contributed by atoms with Gasteiger partial charge < -0.3 is 4.90 Å². The number of hydrogen-bond donors (Lipinski definition) is 0. The molecule has 1 aliphatic rings. The Morgan fingerprint density at radius 3 is 2.74 bits per heavy atom. The molecule has 1 fully saturated rings. The Labute approximate surface area is 169 Å². The van der Waals surface area contributed by atoms with Gasteiger partial charge in [0.1, 0.15) is 0 Å². The van der Waals surface area contributed by atoms with Crippen molar-refractivity contribution in [2.75, 3.05) is 17.3 Å². The van der Waals surface area contributed by atoms with Crippen LogP contribution in [0.2, 0.25) is 0 Å². The lowest BCUT2D eigenvalue weighted by molar-refractivity contribution is -0.132. The van der Waals surface area contributed by atoms with E-state index in [1.165, 1.54) is 23.1 Å². The van der Waals surface area contributed by atoms with E-state index in [-0.39, 0.29) is 35.2 Å². The van der Waals surface area contributed by atoms with Gasteiger partial charge in [-0.2, -0.15) is 0 Å². The molecule has 1 amide bonds. The van der Waals surface area contributed by atoms with Crippen LogP contribution in [0.25, 0.3) is 11.3 Å². The Morgan fingerprint density at radius 2 is 2.11 bits per heavy atom. The molecule has 27 heavy (non-hydrogen) atoms. The standard InChI is InChI=1S/C19H24N2O3S3/c1-3-14(2)21(16-9-10-27(23,24)13-16)18(22)12-26-19-20-17(11-25-19)15-7-5-4-6-8-15/h4-8,11,14,16H,3,9-10,12-13H2,1-2H3/t14-,16+/m1/s1. The second-order valence-electron chi connectivity index (χ2n) is 6.77. The topological polar surface area (TPSA) is 67.3 Å². The van der Waals surface area contributed by atoms with Gasteiger partial charge in [0.2, 0.25) is 5.91 Å². The molecule has 146 valence electrons. The van der Waals surface area contributed by atoms with E-state index in [0.29, 0.717) is 6.42 Å². The molecule has 0 saturated carbocycles. The Morgan fingerprint density at radius 1 is 1.37 bits per heavy atom. The van der Waals surface area contributed by atoms with Crippen LogP contribution in [0.15, 0.2) is 40.1 Å². The van der Waals surface area contributed by atoms with E-state index in [0.717, 1.165) is 22.0 Å². The first-order chi connectivity index (χ1) is 12.9. The van der Waals surface area contributed by atoms with Crippen LogP contribution in [0.4, 0.5) is 0 Å². The van der Waals surface area contributed by atoms with Gasteiger partial charge in [-0.15, -0.1) is 11.3 Å². The summed E-state index contributed by atoms with van der Waals surface area (Å²) in [6, 6.07) is 9.79. The first-order valence-electron chi connectivity index (χ1n) is 9.05. The average molecular weight is 425 g/mol. The number of benzene rings is 1. The molecule has 3 rings (SSSR count). The molecule has 1 aliphatic heterocycles. The van der Waals surface area contributed by atoms with Gasteiger partial charge >= 0.3 is 0 Å². The summed E-state index contributed by atoms with van der Waals surface area (Å²) in [4.78, 5) is 19.3. The van der Waals surface area contributed by atoms with Crippen molar-refractivity contribution in [3.63, 3.8) is 0 Å². The smallest absolute Gasteiger partial charge is 0.233 e. The molecule has 8 heteroatoms. The van der Waals surface area contributed by atoms with Crippen LogP contribution >= 0.6 is 23.1 Å². The molecule has 0 unspecified atom stereocenters. The lowest BCUT2D eigenvalue weighted by Gasteiger charge is -2.33. The van der Waals surface area contributed by atoms with E-state index in [2.05, 4.69) is 4.98 Å². The van der Waals surface area contributed by atoms with Crippen LogP contribution in [0.5, 0.6) is 0 Å². The van der Waals surface area contributed by atoms with Crippen molar-refractivity contribution in [3.8, 4) is 11.3 Å². The SMILES string of the molecule is CC[C@@H](C)N(C(=O)CSc1nc(-c2ccccc2)cs1)[C@H]1CCS(=O)(=O)C1.